The van der Waals surface area contributed by atoms with Crippen molar-refractivity contribution < 1.29 is 19.1 Å². The van der Waals surface area contributed by atoms with Crippen LogP contribution in [0.1, 0.15) is 111 Å². The van der Waals surface area contributed by atoms with Crippen molar-refractivity contribution in [3.63, 3.8) is 0 Å². The Morgan fingerprint density at radius 2 is 1.07 bits per heavy atom. The van der Waals surface area contributed by atoms with Gasteiger partial charge in [-0.25, -0.2) is 0 Å². The lowest BCUT2D eigenvalue weighted by molar-refractivity contribution is -0.149. The van der Waals surface area contributed by atoms with Gasteiger partial charge in [0.05, 0.1) is 19.6 Å². The van der Waals surface area contributed by atoms with Crippen LogP contribution in [-0.4, -0.2) is 30.4 Å². The summed E-state index contributed by atoms with van der Waals surface area (Å²) < 4.78 is 10.4. The second kappa shape index (κ2) is 19.3. The maximum atomic E-state index is 11.9. The van der Waals surface area contributed by atoms with Gasteiger partial charge in [0.25, 0.3) is 0 Å². The zero-order valence-corrected chi connectivity index (χ0v) is 20.3. The van der Waals surface area contributed by atoms with E-state index in [-0.39, 0.29) is 12.4 Å². The molecule has 0 amide bonds. The third kappa shape index (κ3) is 20.3. The summed E-state index contributed by atoms with van der Waals surface area (Å²) >= 11 is 4.20. The van der Waals surface area contributed by atoms with Crippen molar-refractivity contribution in [3.05, 3.63) is 0 Å². The predicted octanol–water partition coefficient (Wildman–Crippen LogP) is 6.75. The van der Waals surface area contributed by atoms with E-state index in [1.807, 2.05) is 0 Å². The monoisotopic (exact) mass is 430 g/mol. The molecule has 0 aromatic heterocycles. The first-order valence-electron chi connectivity index (χ1n) is 11.8. The normalized spacial score (nSPS) is 12.4. The summed E-state index contributed by atoms with van der Waals surface area (Å²) in [5.41, 5.74) is 0. The van der Waals surface area contributed by atoms with E-state index in [9.17, 15) is 9.59 Å². The Morgan fingerprint density at radius 1 is 0.655 bits per heavy atom. The number of ether oxygens (including phenoxy) is 2. The summed E-state index contributed by atoms with van der Waals surface area (Å²) in [6, 6.07) is 0. The van der Waals surface area contributed by atoms with Gasteiger partial charge in [0.15, 0.2) is 0 Å². The quantitative estimate of drug-likeness (QED) is 0.140. The topological polar surface area (TPSA) is 52.6 Å². The first-order chi connectivity index (χ1) is 13.8. The van der Waals surface area contributed by atoms with Crippen LogP contribution in [-0.2, 0) is 19.1 Å². The van der Waals surface area contributed by atoms with Gasteiger partial charge in [-0.05, 0) is 24.7 Å². The van der Waals surface area contributed by atoms with Crippen molar-refractivity contribution >= 4 is 24.6 Å². The van der Waals surface area contributed by atoms with Gasteiger partial charge in [0, 0.05) is 0 Å². The number of thiol groups is 1. The maximum absolute atomic E-state index is 11.9. The summed E-state index contributed by atoms with van der Waals surface area (Å²) in [7, 11) is 0. The molecule has 4 nitrogen and oxygen atoms in total. The van der Waals surface area contributed by atoms with Crippen LogP contribution in [0.2, 0.25) is 0 Å². The Balaban J connectivity index is 3.55. The molecule has 5 heteroatoms. The Hall–Kier alpha value is -0.710. The fourth-order valence-corrected chi connectivity index (χ4v) is 3.35. The van der Waals surface area contributed by atoms with Crippen molar-refractivity contribution in [3.8, 4) is 0 Å². The van der Waals surface area contributed by atoms with Crippen molar-refractivity contribution in [1.29, 1.82) is 0 Å². The minimum absolute atomic E-state index is 0.0223. The van der Waals surface area contributed by atoms with Gasteiger partial charge in [-0.1, -0.05) is 91.9 Å². The van der Waals surface area contributed by atoms with Crippen molar-refractivity contribution in [2.45, 2.75) is 116 Å². The summed E-state index contributed by atoms with van der Waals surface area (Å²) in [5.74, 6) is 0.757. The number of carbonyl (C=O) groups excluding carboxylic acids is 2. The molecule has 0 aliphatic heterocycles. The van der Waals surface area contributed by atoms with Gasteiger partial charge in [-0.2, -0.15) is 12.6 Å². The highest BCUT2D eigenvalue weighted by Gasteiger charge is 2.20. The van der Waals surface area contributed by atoms with E-state index in [0.717, 1.165) is 37.5 Å². The first kappa shape index (κ1) is 28.3. The van der Waals surface area contributed by atoms with Crippen LogP contribution in [0.15, 0.2) is 0 Å². The second-order valence-corrected chi connectivity index (χ2v) is 9.63. The van der Waals surface area contributed by atoms with Crippen LogP contribution in [0.5, 0.6) is 0 Å². The predicted molar refractivity (Wildman–Crippen MR) is 124 cm³/mol. The molecule has 0 aliphatic rings. The maximum Gasteiger partial charge on any atom is 0.319 e. The van der Waals surface area contributed by atoms with E-state index >= 15 is 0 Å². The van der Waals surface area contributed by atoms with E-state index in [0.29, 0.717) is 13.2 Å². The first-order valence-corrected chi connectivity index (χ1v) is 12.3. The van der Waals surface area contributed by atoms with Crippen LogP contribution in [0.3, 0.4) is 0 Å². The molecule has 0 bridgehead atoms. The Morgan fingerprint density at radius 3 is 1.55 bits per heavy atom. The third-order valence-corrected chi connectivity index (χ3v) is 5.38. The number of carbonyl (C=O) groups is 2. The SMILES string of the molecule is CC(C)CCCCCCCOC(=O)CC(S)C(=O)OCCCCCCCC(C)C. The number of hydrogen-bond acceptors (Lipinski definition) is 5. The fraction of sp³-hybridized carbons (Fsp3) is 0.917. The molecule has 1 unspecified atom stereocenters. The molecule has 1 atom stereocenters. The highest BCUT2D eigenvalue weighted by Crippen LogP contribution is 2.12. The lowest BCUT2D eigenvalue weighted by Gasteiger charge is -2.11. The smallest absolute Gasteiger partial charge is 0.319 e. The van der Waals surface area contributed by atoms with Crippen molar-refractivity contribution in [2.24, 2.45) is 11.8 Å². The van der Waals surface area contributed by atoms with Gasteiger partial charge in [0.2, 0.25) is 0 Å². The van der Waals surface area contributed by atoms with Gasteiger partial charge in [-0.15, -0.1) is 0 Å². The molecule has 0 heterocycles. The number of esters is 2. The van der Waals surface area contributed by atoms with Crippen LogP contribution in [0, 0.1) is 11.8 Å². The van der Waals surface area contributed by atoms with E-state index in [1.54, 1.807) is 0 Å². The molecule has 0 rings (SSSR count). The summed E-state index contributed by atoms with van der Waals surface area (Å²) in [4.78, 5) is 23.7. The van der Waals surface area contributed by atoms with E-state index in [1.165, 1.54) is 51.4 Å². The van der Waals surface area contributed by atoms with Crippen LogP contribution < -0.4 is 0 Å². The van der Waals surface area contributed by atoms with Crippen LogP contribution in [0.25, 0.3) is 0 Å². The number of rotatable bonds is 19. The van der Waals surface area contributed by atoms with Crippen molar-refractivity contribution in [1.82, 2.24) is 0 Å². The van der Waals surface area contributed by atoms with Gasteiger partial charge in [0.1, 0.15) is 5.25 Å². The summed E-state index contributed by atoms with van der Waals surface area (Å²) in [6.07, 6.45) is 13.8. The van der Waals surface area contributed by atoms with Crippen LogP contribution in [0.4, 0.5) is 0 Å². The van der Waals surface area contributed by atoms with Gasteiger partial charge < -0.3 is 9.47 Å². The molecule has 0 saturated carbocycles. The lowest BCUT2D eigenvalue weighted by Crippen LogP contribution is -2.23. The van der Waals surface area contributed by atoms with Crippen LogP contribution >= 0.6 is 12.6 Å². The Bertz CT molecular complexity index is 410. The Kier molecular flexibility index (Phi) is 18.8. The molecule has 29 heavy (non-hydrogen) atoms. The number of hydrogen-bond donors (Lipinski definition) is 1. The molecule has 0 saturated heterocycles. The lowest BCUT2D eigenvalue weighted by atomic mass is 10.0. The average molecular weight is 431 g/mol. The minimum Gasteiger partial charge on any atom is -0.466 e. The molecule has 0 radical (unpaired) electrons. The summed E-state index contributed by atoms with van der Waals surface area (Å²) in [6.45, 7) is 9.83. The molecule has 0 aromatic carbocycles. The summed E-state index contributed by atoms with van der Waals surface area (Å²) in [5, 5.41) is -0.732. The molecule has 0 fully saturated rings. The zero-order chi connectivity index (χ0) is 21.9. The molecule has 0 aliphatic carbocycles. The Labute approximate surface area is 185 Å². The van der Waals surface area contributed by atoms with E-state index in [4.69, 9.17) is 9.47 Å². The van der Waals surface area contributed by atoms with Gasteiger partial charge in [-0.3, -0.25) is 9.59 Å². The molecule has 172 valence electrons. The molecule has 0 aromatic rings. The standard InChI is InChI=1S/C24H46O4S/c1-20(2)15-11-7-5-9-13-17-27-23(25)19-22(29)24(26)28-18-14-10-6-8-12-16-21(3)4/h20-22,29H,5-19H2,1-4H3. The fourth-order valence-electron chi connectivity index (χ4n) is 3.13. The van der Waals surface area contributed by atoms with E-state index < -0.39 is 11.2 Å². The zero-order valence-electron chi connectivity index (χ0n) is 19.4. The van der Waals surface area contributed by atoms with Crippen molar-refractivity contribution in [2.75, 3.05) is 13.2 Å². The average Bonchev–Trinajstić information content (AvgIpc) is 2.65. The van der Waals surface area contributed by atoms with Gasteiger partial charge >= 0.3 is 11.9 Å². The molecular weight excluding hydrogens is 384 g/mol. The molecule has 0 N–H and O–H groups in total. The minimum atomic E-state index is -0.732. The second-order valence-electron chi connectivity index (χ2n) is 9.01. The highest BCUT2D eigenvalue weighted by molar-refractivity contribution is 7.81. The van der Waals surface area contributed by atoms with E-state index in [2.05, 4.69) is 40.3 Å². The molecular formula is C24H46O4S. The largest absolute Gasteiger partial charge is 0.466 e. The highest BCUT2D eigenvalue weighted by atomic mass is 32.1. The number of unbranched alkanes of at least 4 members (excludes halogenated alkanes) is 8. The molecule has 0 spiro atoms. The third-order valence-electron chi connectivity index (χ3n) is 4.99.